The number of carbonyl (C=O) groups is 1. The number of benzene rings is 1. The van der Waals surface area contributed by atoms with Crippen LogP contribution < -0.4 is 0 Å². The van der Waals surface area contributed by atoms with Crippen molar-refractivity contribution in [2.24, 2.45) is 5.92 Å². The summed E-state index contributed by atoms with van der Waals surface area (Å²) < 4.78 is 0. The van der Waals surface area contributed by atoms with E-state index in [2.05, 4.69) is 22.9 Å². The summed E-state index contributed by atoms with van der Waals surface area (Å²) in [6.07, 6.45) is 0.939. The monoisotopic (exact) mass is 272 g/mol. The molecular weight excluding hydrogens is 263 g/mol. The third-order valence-corrected chi connectivity index (χ3v) is 4.18. The van der Waals surface area contributed by atoms with Gasteiger partial charge in [-0.2, -0.15) is 0 Å². The van der Waals surface area contributed by atoms with Crippen molar-refractivity contribution in [1.29, 1.82) is 0 Å². The molecule has 0 aromatic heterocycles. The SMILES string of the molecule is CC1Cc2ccc(Cl)cc2C(=O)C1Br. The molecular formula is C11H10BrClO. The molecule has 14 heavy (non-hydrogen) atoms. The Morgan fingerprint density at radius 3 is 2.93 bits per heavy atom. The van der Waals surface area contributed by atoms with Crippen LogP contribution in [0.15, 0.2) is 18.2 Å². The van der Waals surface area contributed by atoms with Gasteiger partial charge in [0.2, 0.25) is 0 Å². The van der Waals surface area contributed by atoms with E-state index in [0.717, 1.165) is 17.5 Å². The minimum Gasteiger partial charge on any atom is -0.293 e. The van der Waals surface area contributed by atoms with Gasteiger partial charge < -0.3 is 0 Å². The van der Waals surface area contributed by atoms with Crippen molar-refractivity contribution in [1.82, 2.24) is 0 Å². The Hall–Kier alpha value is -0.340. The number of halogens is 2. The van der Waals surface area contributed by atoms with Crippen LogP contribution in [0.4, 0.5) is 0 Å². The Morgan fingerprint density at radius 1 is 1.50 bits per heavy atom. The number of hydrogen-bond donors (Lipinski definition) is 0. The van der Waals surface area contributed by atoms with Gasteiger partial charge in [0.15, 0.2) is 5.78 Å². The molecule has 1 aliphatic carbocycles. The van der Waals surface area contributed by atoms with Crippen molar-refractivity contribution in [3.8, 4) is 0 Å². The summed E-state index contributed by atoms with van der Waals surface area (Å²) in [6, 6.07) is 5.55. The molecule has 0 amide bonds. The van der Waals surface area contributed by atoms with Crippen LogP contribution in [0.5, 0.6) is 0 Å². The van der Waals surface area contributed by atoms with Gasteiger partial charge in [0.05, 0.1) is 4.83 Å². The number of ketones is 1. The van der Waals surface area contributed by atoms with Gasteiger partial charge >= 0.3 is 0 Å². The maximum Gasteiger partial charge on any atom is 0.177 e. The van der Waals surface area contributed by atoms with E-state index in [9.17, 15) is 4.79 Å². The van der Waals surface area contributed by atoms with Crippen LogP contribution >= 0.6 is 27.5 Å². The lowest BCUT2D eigenvalue weighted by atomic mass is 9.84. The number of fused-ring (bicyclic) bond motifs is 1. The fourth-order valence-electron chi connectivity index (χ4n) is 1.81. The van der Waals surface area contributed by atoms with Gasteiger partial charge in [-0.1, -0.05) is 40.5 Å². The molecule has 1 aliphatic rings. The Balaban J connectivity index is 2.51. The molecule has 0 spiro atoms. The number of Topliss-reactive ketones (excluding diaryl/α,β-unsaturated/α-hetero) is 1. The van der Waals surface area contributed by atoms with E-state index in [0.29, 0.717) is 10.9 Å². The molecule has 0 heterocycles. The van der Waals surface area contributed by atoms with Gasteiger partial charge in [0.1, 0.15) is 0 Å². The van der Waals surface area contributed by atoms with E-state index in [1.807, 2.05) is 12.1 Å². The van der Waals surface area contributed by atoms with Crippen LogP contribution in [0.3, 0.4) is 0 Å². The number of carbonyl (C=O) groups excluding carboxylic acids is 1. The molecule has 0 saturated carbocycles. The van der Waals surface area contributed by atoms with Crippen LogP contribution in [0.2, 0.25) is 5.02 Å². The molecule has 0 radical (unpaired) electrons. The molecule has 74 valence electrons. The molecule has 2 rings (SSSR count). The third kappa shape index (κ3) is 1.61. The van der Waals surface area contributed by atoms with E-state index < -0.39 is 0 Å². The molecule has 0 N–H and O–H groups in total. The standard InChI is InChI=1S/C11H10BrClO/c1-6-4-7-2-3-8(13)5-9(7)11(14)10(6)12/h2-3,5-6,10H,4H2,1H3. The number of rotatable bonds is 0. The van der Waals surface area contributed by atoms with Gasteiger partial charge in [-0.05, 0) is 30.0 Å². The van der Waals surface area contributed by atoms with E-state index in [4.69, 9.17) is 11.6 Å². The van der Waals surface area contributed by atoms with Crippen molar-refractivity contribution < 1.29 is 4.79 Å². The molecule has 1 nitrogen and oxygen atoms in total. The van der Waals surface area contributed by atoms with Crippen LogP contribution in [0, 0.1) is 5.92 Å². The fourth-order valence-corrected chi connectivity index (χ4v) is 2.42. The lowest BCUT2D eigenvalue weighted by Crippen LogP contribution is -2.30. The zero-order chi connectivity index (χ0) is 10.3. The highest BCUT2D eigenvalue weighted by Gasteiger charge is 2.30. The Bertz CT molecular complexity index is 389. The van der Waals surface area contributed by atoms with Crippen molar-refractivity contribution in [3.63, 3.8) is 0 Å². The van der Waals surface area contributed by atoms with Crippen molar-refractivity contribution in [2.45, 2.75) is 18.2 Å². The fraction of sp³-hybridized carbons (Fsp3) is 0.364. The molecule has 2 atom stereocenters. The van der Waals surface area contributed by atoms with Crippen molar-refractivity contribution in [3.05, 3.63) is 34.3 Å². The zero-order valence-electron chi connectivity index (χ0n) is 7.76. The summed E-state index contributed by atoms with van der Waals surface area (Å²) in [6.45, 7) is 2.08. The molecule has 1 aromatic carbocycles. The zero-order valence-corrected chi connectivity index (χ0v) is 10.1. The van der Waals surface area contributed by atoms with Gasteiger partial charge in [-0.15, -0.1) is 0 Å². The number of hydrogen-bond acceptors (Lipinski definition) is 1. The van der Waals surface area contributed by atoms with Crippen LogP contribution in [0.1, 0.15) is 22.8 Å². The number of alkyl halides is 1. The van der Waals surface area contributed by atoms with E-state index in [1.54, 1.807) is 6.07 Å². The lowest BCUT2D eigenvalue weighted by molar-refractivity contribution is 0.0964. The van der Waals surface area contributed by atoms with E-state index in [-0.39, 0.29) is 10.6 Å². The Kier molecular flexibility index (Phi) is 2.67. The lowest BCUT2D eigenvalue weighted by Gasteiger charge is -2.25. The highest BCUT2D eigenvalue weighted by molar-refractivity contribution is 9.10. The van der Waals surface area contributed by atoms with E-state index in [1.165, 1.54) is 0 Å². The second-order valence-corrected chi connectivity index (χ2v) is 5.17. The van der Waals surface area contributed by atoms with Gasteiger partial charge in [0.25, 0.3) is 0 Å². The maximum absolute atomic E-state index is 11.9. The second kappa shape index (κ2) is 3.67. The first-order chi connectivity index (χ1) is 6.59. The van der Waals surface area contributed by atoms with Crippen LogP contribution in [0.25, 0.3) is 0 Å². The summed E-state index contributed by atoms with van der Waals surface area (Å²) in [5.74, 6) is 0.512. The Morgan fingerprint density at radius 2 is 2.21 bits per heavy atom. The summed E-state index contributed by atoms with van der Waals surface area (Å²) in [4.78, 5) is 11.8. The predicted octanol–water partition coefficient (Wildman–Crippen LogP) is 3.48. The molecule has 0 fully saturated rings. The van der Waals surface area contributed by atoms with Gasteiger partial charge in [-0.3, -0.25) is 4.79 Å². The largest absolute Gasteiger partial charge is 0.293 e. The van der Waals surface area contributed by atoms with Crippen LogP contribution in [-0.2, 0) is 6.42 Å². The highest BCUT2D eigenvalue weighted by Crippen LogP contribution is 2.31. The molecule has 0 bridgehead atoms. The second-order valence-electron chi connectivity index (χ2n) is 3.75. The molecule has 2 unspecified atom stereocenters. The first kappa shape index (κ1) is 10.2. The quantitative estimate of drug-likeness (QED) is 0.662. The summed E-state index contributed by atoms with van der Waals surface area (Å²) >= 11 is 9.28. The van der Waals surface area contributed by atoms with Gasteiger partial charge in [0, 0.05) is 10.6 Å². The van der Waals surface area contributed by atoms with Gasteiger partial charge in [-0.25, -0.2) is 0 Å². The molecule has 0 saturated heterocycles. The predicted molar refractivity (Wildman–Crippen MR) is 61.4 cm³/mol. The first-order valence-corrected chi connectivity index (χ1v) is 5.85. The minimum atomic E-state index is -0.0616. The average molecular weight is 274 g/mol. The van der Waals surface area contributed by atoms with Crippen molar-refractivity contribution in [2.75, 3.05) is 0 Å². The van der Waals surface area contributed by atoms with E-state index >= 15 is 0 Å². The smallest absolute Gasteiger partial charge is 0.177 e. The maximum atomic E-state index is 11.9. The van der Waals surface area contributed by atoms with Crippen molar-refractivity contribution >= 4 is 33.3 Å². The topological polar surface area (TPSA) is 17.1 Å². The minimum absolute atomic E-state index is 0.0616. The third-order valence-electron chi connectivity index (χ3n) is 2.63. The molecule has 3 heteroatoms. The van der Waals surface area contributed by atoms with Crippen LogP contribution in [-0.4, -0.2) is 10.6 Å². The summed E-state index contributed by atoms with van der Waals surface area (Å²) in [7, 11) is 0. The normalized spacial score (nSPS) is 26.1. The summed E-state index contributed by atoms with van der Waals surface area (Å²) in [5.41, 5.74) is 1.89. The average Bonchev–Trinajstić information content (AvgIpc) is 2.16. The summed E-state index contributed by atoms with van der Waals surface area (Å²) in [5, 5.41) is 0.631. The molecule has 1 aromatic rings. The first-order valence-electron chi connectivity index (χ1n) is 4.56. The Labute approximate surface area is 96.6 Å². The molecule has 0 aliphatic heterocycles. The highest BCUT2D eigenvalue weighted by atomic mass is 79.9.